The predicted molar refractivity (Wildman–Crippen MR) is 60.1 cm³/mol. The van der Waals surface area contributed by atoms with Crippen LogP contribution in [0.15, 0.2) is 12.1 Å². The average Bonchev–Trinajstić information content (AvgIpc) is 2.11. The Morgan fingerprint density at radius 2 is 2.29 bits per heavy atom. The molecule has 0 aromatic heterocycles. The number of hydrogen-bond acceptors (Lipinski definition) is 3. The molecule has 72 valence electrons. The van der Waals surface area contributed by atoms with Crippen LogP contribution in [0.1, 0.15) is 5.56 Å². The van der Waals surface area contributed by atoms with Crippen molar-refractivity contribution >= 4 is 39.9 Å². The van der Waals surface area contributed by atoms with E-state index in [0.717, 1.165) is 3.57 Å². The van der Waals surface area contributed by atoms with Gasteiger partial charge in [-0.1, -0.05) is 11.6 Å². The molecule has 0 saturated heterocycles. The van der Waals surface area contributed by atoms with E-state index >= 15 is 0 Å². The molecule has 0 aliphatic heterocycles. The van der Waals surface area contributed by atoms with Crippen molar-refractivity contribution in [3.63, 3.8) is 0 Å². The van der Waals surface area contributed by atoms with Gasteiger partial charge in [0.2, 0.25) is 0 Å². The van der Waals surface area contributed by atoms with Gasteiger partial charge in [0.15, 0.2) is 0 Å². The Kier molecular flexibility index (Phi) is 3.66. The fourth-order valence-electron chi connectivity index (χ4n) is 0.967. The third-order valence-electron chi connectivity index (χ3n) is 1.62. The van der Waals surface area contributed by atoms with Gasteiger partial charge in [-0.2, -0.15) is 5.26 Å². The molecule has 1 aromatic carbocycles. The zero-order valence-corrected chi connectivity index (χ0v) is 9.74. The molecule has 0 heterocycles. The summed E-state index contributed by atoms with van der Waals surface area (Å²) in [4.78, 5) is 9.97. The fraction of sp³-hybridized carbons (Fsp3) is 0.125. The van der Waals surface area contributed by atoms with E-state index in [4.69, 9.17) is 16.9 Å². The molecule has 1 aromatic rings. The maximum atomic E-state index is 10.5. The molecule has 0 radical (unpaired) electrons. The van der Waals surface area contributed by atoms with Crippen LogP contribution in [0.5, 0.6) is 0 Å². The molecule has 0 atom stereocenters. The number of nitro benzene ring substituents is 1. The van der Waals surface area contributed by atoms with Gasteiger partial charge >= 0.3 is 0 Å². The Bertz CT molecular complexity index is 428. The molecule has 0 aliphatic rings. The third-order valence-corrected chi connectivity index (χ3v) is 3.05. The lowest BCUT2D eigenvalue weighted by Crippen LogP contribution is -1.95. The quantitative estimate of drug-likeness (QED) is 0.477. The molecule has 14 heavy (non-hydrogen) atoms. The lowest BCUT2D eigenvalue weighted by Gasteiger charge is -2.02. The maximum Gasteiger partial charge on any atom is 0.288 e. The van der Waals surface area contributed by atoms with Crippen molar-refractivity contribution in [3.05, 3.63) is 36.4 Å². The smallest absolute Gasteiger partial charge is 0.258 e. The van der Waals surface area contributed by atoms with Crippen LogP contribution in [0.2, 0.25) is 5.02 Å². The van der Waals surface area contributed by atoms with Gasteiger partial charge in [-0.25, -0.2) is 0 Å². The number of rotatable bonds is 2. The average molecular weight is 322 g/mol. The fourth-order valence-corrected chi connectivity index (χ4v) is 2.07. The summed E-state index contributed by atoms with van der Waals surface area (Å²) in [6.45, 7) is 0. The number of nitriles is 1. The predicted octanol–water partition coefficient (Wildman–Crippen LogP) is 2.92. The zero-order valence-electron chi connectivity index (χ0n) is 6.83. The van der Waals surface area contributed by atoms with Crippen molar-refractivity contribution in [1.82, 2.24) is 0 Å². The van der Waals surface area contributed by atoms with Gasteiger partial charge in [0.25, 0.3) is 5.69 Å². The largest absolute Gasteiger partial charge is 0.288 e. The summed E-state index contributed by atoms with van der Waals surface area (Å²) < 4.78 is 0.764. The van der Waals surface area contributed by atoms with Crippen LogP contribution in [-0.4, -0.2) is 4.92 Å². The van der Waals surface area contributed by atoms with Crippen molar-refractivity contribution < 1.29 is 4.92 Å². The SMILES string of the molecule is N#CCc1c(I)ccc([N+](=O)[O-])c1Cl. The van der Waals surface area contributed by atoms with Crippen molar-refractivity contribution in [3.8, 4) is 6.07 Å². The highest BCUT2D eigenvalue weighted by Crippen LogP contribution is 2.31. The van der Waals surface area contributed by atoms with E-state index in [1.165, 1.54) is 6.07 Å². The van der Waals surface area contributed by atoms with E-state index in [0.29, 0.717) is 5.56 Å². The second-order valence-electron chi connectivity index (χ2n) is 2.45. The minimum absolute atomic E-state index is 0.0588. The standard InChI is InChI=1S/C8H4ClIN2O2/c9-8-5(3-4-11)6(10)1-2-7(8)12(13)14/h1-2H,3H2. The molecule has 1 rings (SSSR count). The van der Waals surface area contributed by atoms with Crippen molar-refractivity contribution in [2.75, 3.05) is 0 Å². The second-order valence-corrected chi connectivity index (χ2v) is 3.99. The first-order valence-corrected chi connectivity index (χ1v) is 5.01. The molecular weight excluding hydrogens is 318 g/mol. The highest BCUT2D eigenvalue weighted by Gasteiger charge is 2.17. The van der Waals surface area contributed by atoms with Crippen LogP contribution in [0.4, 0.5) is 5.69 Å². The van der Waals surface area contributed by atoms with Crippen molar-refractivity contribution in [2.45, 2.75) is 6.42 Å². The molecule has 0 fully saturated rings. The first-order chi connectivity index (χ1) is 6.57. The highest BCUT2D eigenvalue weighted by atomic mass is 127. The van der Waals surface area contributed by atoms with Crippen molar-refractivity contribution in [2.24, 2.45) is 0 Å². The highest BCUT2D eigenvalue weighted by molar-refractivity contribution is 14.1. The Hall–Kier alpha value is -0.870. The Morgan fingerprint density at radius 1 is 1.64 bits per heavy atom. The lowest BCUT2D eigenvalue weighted by molar-refractivity contribution is -0.384. The summed E-state index contributed by atoms with van der Waals surface area (Å²) in [5.41, 5.74) is 0.362. The van der Waals surface area contributed by atoms with Crippen LogP contribution >= 0.6 is 34.2 Å². The van der Waals surface area contributed by atoms with Crippen LogP contribution in [0.25, 0.3) is 0 Å². The van der Waals surface area contributed by atoms with Gasteiger partial charge in [-0.15, -0.1) is 0 Å². The molecule has 0 amide bonds. The molecule has 0 unspecified atom stereocenters. The number of hydrogen-bond donors (Lipinski definition) is 0. The Labute approximate surface area is 98.8 Å². The summed E-state index contributed by atoms with van der Waals surface area (Å²) in [5, 5.41) is 19.1. The maximum absolute atomic E-state index is 10.5. The monoisotopic (exact) mass is 322 g/mol. The number of nitro groups is 1. The number of benzene rings is 1. The van der Waals surface area contributed by atoms with E-state index in [1.54, 1.807) is 6.07 Å². The van der Waals surface area contributed by atoms with E-state index in [9.17, 15) is 10.1 Å². The van der Waals surface area contributed by atoms with E-state index in [2.05, 4.69) is 0 Å². The molecule has 0 saturated carbocycles. The Morgan fingerprint density at radius 3 is 2.79 bits per heavy atom. The molecule has 0 spiro atoms. The summed E-state index contributed by atoms with van der Waals surface area (Å²) >= 11 is 7.78. The van der Waals surface area contributed by atoms with Gasteiger partial charge in [0, 0.05) is 15.2 Å². The summed E-state index contributed by atoms with van der Waals surface area (Å²) in [5.74, 6) is 0. The topological polar surface area (TPSA) is 66.9 Å². The van der Waals surface area contributed by atoms with Gasteiger partial charge in [-0.05, 0) is 28.7 Å². The minimum atomic E-state index is -0.556. The van der Waals surface area contributed by atoms with Gasteiger partial charge in [0.1, 0.15) is 5.02 Å². The van der Waals surface area contributed by atoms with Crippen molar-refractivity contribution in [1.29, 1.82) is 5.26 Å². The number of halogens is 2. The first kappa shape index (κ1) is 11.2. The van der Waals surface area contributed by atoms with Gasteiger partial charge < -0.3 is 0 Å². The minimum Gasteiger partial charge on any atom is -0.258 e. The van der Waals surface area contributed by atoms with Crippen LogP contribution in [0, 0.1) is 25.0 Å². The summed E-state index contributed by atoms with van der Waals surface area (Å²) in [6, 6.07) is 4.84. The molecular formula is C8H4ClIN2O2. The lowest BCUT2D eigenvalue weighted by atomic mass is 10.1. The molecule has 0 aliphatic carbocycles. The molecule has 4 nitrogen and oxygen atoms in total. The summed E-state index contributed by atoms with van der Waals surface area (Å²) in [6.07, 6.45) is 0.0821. The number of nitrogens with zero attached hydrogens (tertiary/aromatic N) is 2. The second kappa shape index (κ2) is 4.57. The first-order valence-electron chi connectivity index (χ1n) is 3.56. The molecule has 0 N–H and O–H groups in total. The van der Waals surface area contributed by atoms with E-state index in [1.807, 2.05) is 28.7 Å². The normalized spacial score (nSPS) is 9.50. The van der Waals surface area contributed by atoms with Crippen LogP contribution in [0.3, 0.4) is 0 Å². The van der Waals surface area contributed by atoms with Gasteiger partial charge in [0.05, 0.1) is 17.4 Å². The summed E-state index contributed by atoms with van der Waals surface area (Å²) in [7, 11) is 0. The van der Waals surface area contributed by atoms with Crippen LogP contribution < -0.4 is 0 Å². The van der Waals surface area contributed by atoms with Crippen LogP contribution in [-0.2, 0) is 6.42 Å². The molecule has 6 heteroatoms. The van der Waals surface area contributed by atoms with E-state index < -0.39 is 4.92 Å². The van der Waals surface area contributed by atoms with E-state index in [-0.39, 0.29) is 17.1 Å². The zero-order chi connectivity index (χ0) is 10.7. The van der Waals surface area contributed by atoms with Gasteiger partial charge in [-0.3, -0.25) is 10.1 Å². The molecule has 0 bridgehead atoms. The third kappa shape index (κ3) is 2.13. The Balaban J connectivity index is 3.35.